The quantitative estimate of drug-likeness (QED) is 0.845. The van der Waals surface area contributed by atoms with Gasteiger partial charge in [-0.05, 0) is 23.6 Å². The highest BCUT2D eigenvalue weighted by Gasteiger charge is 2.24. The number of rotatable bonds is 2. The number of ether oxygens (including phenoxy) is 1. The Balaban J connectivity index is 1.93. The summed E-state index contributed by atoms with van der Waals surface area (Å²) in [5.41, 5.74) is 3.80. The molecule has 0 amide bonds. The number of nitrogens with one attached hydrogen (secondary N) is 1. The minimum absolute atomic E-state index is 0.363. The smallest absolute Gasteiger partial charge is 0.142 e. The lowest BCUT2D eigenvalue weighted by molar-refractivity contribution is 0.416. The van der Waals surface area contributed by atoms with E-state index in [0.717, 1.165) is 17.9 Å². The standard InChI is InChI=1S/C15H15NO/c1-17-14-9-5-8-12-10-13(16-15(12)14)11-6-3-2-4-7-11/h2-9,13,16H,10H2,1H3. The van der Waals surface area contributed by atoms with Crippen molar-refractivity contribution < 1.29 is 4.74 Å². The summed E-state index contributed by atoms with van der Waals surface area (Å²) in [6, 6.07) is 17.1. The molecule has 1 aliphatic heterocycles. The van der Waals surface area contributed by atoms with Crippen molar-refractivity contribution >= 4 is 5.69 Å². The number of para-hydroxylation sites is 1. The summed E-state index contributed by atoms with van der Waals surface area (Å²) < 4.78 is 5.38. The van der Waals surface area contributed by atoms with E-state index in [1.54, 1.807) is 7.11 Å². The summed E-state index contributed by atoms with van der Waals surface area (Å²) >= 11 is 0. The van der Waals surface area contributed by atoms with Crippen LogP contribution in [0.25, 0.3) is 0 Å². The predicted molar refractivity (Wildman–Crippen MR) is 69.5 cm³/mol. The van der Waals surface area contributed by atoms with Gasteiger partial charge in [-0.25, -0.2) is 0 Å². The molecule has 1 heterocycles. The fraction of sp³-hybridized carbons (Fsp3) is 0.200. The first kappa shape index (κ1) is 10.2. The molecule has 2 aromatic carbocycles. The Morgan fingerprint density at radius 2 is 1.88 bits per heavy atom. The summed E-state index contributed by atoms with van der Waals surface area (Å²) in [6.45, 7) is 0. The van der Waals surface area contributed by atoms with Crippen LogP contribution in [0.3, 0.4) is 0 Å². The summed E-state index contributed by atoms with van der Waals surface area (Å²) in [6.07, 6.45) is 1.02. The third-order valence-corrected chi connectivity index (χ3v) is 3.28. The largest absolute Gasteiger partial charge is 0.495 e. The van der Waals surface area contributed by atoms with Gasteiger partial charge in [0.1, 0.15) is 5.75 Å². The fourth-order valence-corrected chi connectivity index (χ4v) is 2.41. The second-order valence-electron chi connectivity index (χ2n) is 4.31. The minimum atomic E-state index is 0.363. The van der Waals surface area contributed by atoms with E-state index in [9.17, 15) is 0 Å². The first-order valence-electron chi connectivity index (χ1n) is 5.86. The maximum atomic E-state index is 5.38. The Hall–Kier alpha value is -1.96. The monoisotopic (exact) mass is 225 g/mol. The van der Waals surface area contributed by atoms with Crippen LogP contribution in [0.1, 0.15) is 17.2 Å². The average Bonchev–Trinajstić information content (AvgIpc) is 2.83. The van der Waals surface area contributed by atoms with Gasteiger partial charge in [0.05, 0.1) is 18.8 Å². The van der Waals surface area contributed by atoms with Crippen molar-refractivity contribution in [2.75, 3.05) is 12.4 Å². The zero-order valence-electron chi connectivity index (χ0n) is 9.81. The van der Waals surface area contributed by atoms with Gasteiger partial charge in [0.25, 0.3) is 0 Å². The molecule has 3 rings (SSSR count). The number of hydrogen-bond donors (Lipinski definition) is 1. The molecule has 1 unspecified atom stereocenters. The lowest BCUT2D eigenvalue weighted by Gasteiger charge is -2.12. The van der Waals surface area contributed by atoms with Crippen molar-refractivity contribution in [3.63, 3.8) is 0 Å². The van der Waals surface area contributed by atoms with Crippen LogP contribution in [-0.2, 0) is 6.42 Å². The maximum absolute atomic E-state index is 5.38. The van der Waals surface area contributed by atoms with Crippen LogP contribution in [0.15, 0.2) is 48.5 Å². The normalized spacial score (nSPS) is 17.4. The molecular weight excluding hydrogens is 210 g/mol. The van der Waals surface area contributed by atoms with Gasteiger partial charge in [-0.1, -0.05) is 42.5 Å². The number of anilines is 1. The molecule has 1 aliphatic rings. The highest BCUT2D eigenvalue weighted by Crippen LogP contribution is 2.39. The molecule has 0 bridgehead atoms. The lowest BCUT2D eigenvalue weighted by Crippen LogP contribution is -2.05. The lowest BCUT2D eigenvalue weighted by atomic mass is 10.0. The van der Waals surface area contributed by atoms with Crippen LogP contribution in [0.4, 0.5) is 5.69 Å². The average molecular weight is 225 g/mol. The van der Waals surface area contributed by atoms with Crippen LogP contribution >= 0.6 is 0 Å². The molecule has 0 saturated carbocycles. The zero-order valence-corrected chi connectivity index (χ0v) is 9.81. The summed E-state index contributed by atoms with van der Waals surface area (Å²) in [7, 11) is 1.72. The van der Waals surface area contributed by atoms with Crippen LogP contribution in [0.2, 0.25) is 0 Å². The van der Waals surface area contributed by atoms with Gasteiger partial charge in [-0.15, -0.1) is 0 Å². The molecule has 0 aromatic heterocycles. The second-order valence-corrected chi connectivity index (χ2v) is 4.31. The molecule has 86 valence electrons. The first-order valence-corrected chi connectivity index (χ1v) is 5.86. The molecule has 0 spiro atoms. The van der Waals surface area contributed by atoms with Crippen molar-refractivity contribution in [3.8, 4) is 5.75 Å². The molecule has 0 aliphatic carbocycles. The van der Waals surface area contributed by atoms with Crippen LogP contribution in [-0.4, -0.2) is 7.11 Å². The molecule has 1 atom stereocenters. The molecule has 1 N–H and O–H groups in total. The van der Waals surface area contributed by atoms with Crippen LogP contribution < -0.4 is 10.1 Å². The van der Waals surface area contributed by atoms with Gasteiger partial charge in [-0.2, -0.15) is 0 Å². The Morgan fingerprint density at radius 1 is 1.06 bits per heavy atom. The van der Waals surface area contributed by atoms with E-state index in [-0.39, 0.29) is 0 Å². The molecule has 2 aromatic rings. The molecule has 0 saturated heterocycles. The third-order valence-electron chi connectivity index (χ3n) is 3.28. The van der Waals surface area contributed by atoms with Gasteiger partial charge in [0, 0.05) is 0 Å². The molecule has 2 heteroatoms. The number of fused-ring (bicyclic) bond motifs is 1. The minimum Gasteiger partial charge on any atom is -0.495 e. The number of benzene rings is 2. The van der Waals surface area contributed by atoms with Gasteiger partial charge in [-0.3, -0.25) is 0 Å². The topological polar surface area (TPSA) is 21.3 Å². The van der Waals surface area contributed by atoms with Crippen molar-refractivity contribution in [2.24, 2.45) is 0 Å². The van der Waals surface area contributed by atoms with E-state index in [4.69, 9.17) is 4.74 Å². The Morgan fingerprint density at radius 3 is 2.65 bits per heavy atom. The van der Waals surface area contributed by atoms with Crippen molar-refractivity contribution in [2.45, 2.75) is 12.5 Å². The molecule has 0 fully saturated rings. The number of methoxy groups -OCH3 is 1. The molecule has 17 heavy (non-hydrogen) atoms. The van der Waals surface area contributed by atoms with Crippen LogP contribution in [0, 0.1) is 0 Å². The van der Waals surface area contributed by atoms with E-state index in [2.05, 4.69) is 35.6 Å². The van der Waals surface area contributed by atoms with Gasteiger partial charge >= 0.3 is 0 Å². The van der Waals surface area contributed by atoms with E-state index in [0.29, 0.717) is 6.04 Å². The Kier molecular flexibility index (Phi) is 2.48. The fourth-order valence-electron chi connectivity index (χ4n) is 2.41. The second kappa shape index (κ2) is 4.13. The van der Waals surface area contributed by atoms with Gasteiger partial charge < -0.3 is 10.1 Å². The van der Waals surface area contributed by atoms with Crippen molar-refractivity contribution in [1.29, 1.82) is 0 Å². The Bertz CT molecular complexity index is 522. The molecule has 0 radical (unpaired) electrons. The van der Waals surface area contributed by atoms with Crippen molar-refractivity contribution in [1.82, 2.24) is 0 Å². The van der Waals surface area contributed by atoms with Crippen LogP contribution in [0.5, 0.6) is 5.75 Å². The summed E-state index contributed by atoms with van der Waals surface area (Å²) in [5.74, 6) is 0.931. The van der Waals surface area contributed by atoms with E-state index < -0.39 is 0 Å². The van der Waals surface area contributed by atoms with E-state index in [1.165, 1.54) is 11.1 Å². The number of hydrogen-bond acceptors (Lipinski definition) is 2. The highest BCUT2D eigenvalue weighted by molar-refractivity contribution is 5.66. The predicted octanol–water partition coefficient (Wildman–Crippen LogP) is 3.40. The van der Waals surface area contributed by atoms with E-state index in [1.807, 2.05) is 18.2 Å². The summed E-state index contributed by atoms with van der Waals surface area (Å²) in [5, 5.41) is 3.55. The van der Waals surface area contributed by atoms with Gasteiger partial charge in [0.2, 0.25) is 0 Å². The Labute approximate surface area is 101 Å². The van der Waals surface area contributed by atoms with Gasteiger partial charge in [0.15, 0.2) is 0 Å². The van der Waals surface area contributed by atoms with Crippen molar-refractivity contribution in [3.05, 3.63) is 59.7 Å². The third kappa shape index (κ3) is 1.76. The highest BCUT2D eigenvalue weighted by atomic mass is 16.5. The summed E-state index contributed by atoms with van der Waals surface area (Å²) in [4.78, 5) is 0. The molecule has 2 nitrogen and oxygen atoms in total. The van der Waals surface area contributed by atoms with E-state index >= 15 is 0 Å². The SMILES string of the molecule is COc1cccc2c1NC(c1ccccc1)C2. The zero-order chi connectivity index (χ0) is 11.7. The maximum Gasteiger partial charge on any atom is 0.142 e. The molecular formula is C15H15NO. The first-order chi connectivity index (χ1) is 8.38.